The van der Waals surface area contributed by atoms with Gasteiger partial charge in [0.2, 0.25) is 0 Å². The second-order valence-corrected chi connectivity index (χ2v) is 9.74. The number of cyclic esters (lactones) is 1. The van der Waals surface area contributed by atoms with Gasteiger partial charge in [0.25, 0.3) is 0 Å². The molecule has 3 N–H and O–H groups in total. The minimum Gasteiger partial charge on any atom is -0.507 e. The van der Waals surface area contributed by atoms with Crippen molar-refractivity contribution < 1.29 is 29.6 Å². The van der Waals surface area contributed by atoms with Gasteiger partial charge in [-0.3, -0.25) is 0 Å². The van der Waals surface area contributed by atoms with Crippen molar-refractivity contribution in [1.29, 1.82) is 0 Å². The molecule has 0 fully saturated rings. The number of halogens is 2. The fourth-order valence-corrected chi connectivity index (χ4v) is 5.24. The summed E-state index contributed by atoms with van der Waals surface area (Å²) in [6.07, 6.45) is 0. The number of carboxylic acids is 1. The van der Waals surface area contributed by atoms with Gasteiger partial charge in [-0.05, 0) is 106 Å². The van der Waals surface area contributed by atoms with Crippen molar-refractivity contribution in [3.63, 3.8) is 0 Å². The van der Waals surface area contributed by atoms with Crippen LogP contribution in [0, 0.1) is 27.7 Å². The number of esters is 1. The highest BCUT2D eigenvalue weighted by molar-refractivity contribution is 9.11. The van der Waals surface area contributed by atoms with Crippen molar-refractivity contribution in [3.05, 3.63) is 89.3 Å². The number of rotatable bonds is 3. The van der Waals surface area contributed by atoms with Crippen molar-refractivity contribution in [2.45, 2.75) is 33.3 Å². The summed E-state index contributed by atoms with van der Waals surface area (Å²) in [7, 11) is 0. The highest BCUT2D eigenvalue weighted by atomic mass is 79.9. The molecule has 1 aliphatic heterocycles. The number of hydrogen-bond acceptors (Lipinski definition) is 5. The molecule has 0 bridgehead atoms. The Morgan fingerprint density at radius 2 is 1.30 bits per heavy atom. The topological polar surface area (TPSA) is 104 Å². The lowest BCUT2D eigenvalue weighted by Gasteiger charge is -2.34. The van der Waals surface area contributed by atoms with E-state index >= 15 is 0 Å². The van der Waals surface area contributed by atoms with Crippen LogP contribution in [0.25, 0.3) is 0 Å². The standard InChI is InChI=1S/C25H20Br2O6/c1-10-12(3)21(26)19(28)8-17(10)25(18-9-20(29)22(27)13(4)11(18)2)16-6-5-14(23(30)31)7-15(16)24(32)33-25/h5-9,28-29H,1-4H3,(H,30,31). The Bertz CT molecular complexity index is 1310. The molecular weight excluding hydrogens is 556 g/mol. The number of ether oxygens (including phenoxy) is 1. The Morgan fingerprint density at radius 1 is 0.818 bits per heavy atom. The molecule has 0 aliphatic carbocycles. The summed E-state index contributed by atoms with van der Waals surface area (Å²) in [6, 6.07) is 7.34. The molecular formula is C25H20Br2O6. The number of carboxylic acid groups (broad SMARTS) is 1. The molecule has 1 aliphatic rings. The van der Waals surface area contributed by atoms with Gasteiger partial charge in [0.1, 0.15) is 11.5 Å². The van der Waals surface area contributed by atoms with Crippen LogP contribution in [0.4, 0.5) is 0 Å². The Labute approximate surface area is 207 Å². The molecule has 8 heteroatoms. The predicted molar refractivity (Wildman–Crippen MR) is 129 cm³/mol. The minimum atomic E-state index is -1.51. The molecule has 3 aromatic carbocycles. The zero-order valence-electron chi connectivity index (χ0n) is 18.2. The summed E-state index contributed by atoms with van der Waals surface area (Å²) < 4.78 is 7.15. The van der Waals surface area contributed by atoms with Crippen LogP contribution in [0.15, 0.2) is 39.3 Å². The Hall–Kier alpha value is -2.84. The smallest absolute Gasteiger partial charge is 0.340 e. The number of aromatic carboxylic acids is 1. The quantitative estimate of drug-likeness (QED) is 0.330. The largest absolute Gasteiger partial charge is 0.507 e. The van der Waals surface area contributed by atoms with E-state index in [4.69, 9.17) is 4.74 Å². The highest BCUT2D eigenvalue weighted by Crippen LogP contribution is 2.53. The molecule has 4 rings (SSSR count). The molecule has 6 nitrogen and oxygen atoms in total. The second-order valence-electron chi connectivity index (χ2n) is 8.15. The minimum absolute atomic E-state index is 0.0326. The molecule has 0 amide bonds. The van der Waals surface area contributed by atoms with E-state index < -0.39 is 17.5 Å². The van der Waals surface area contributed by atoms with E-state index in [1.807, 2.05) is 27.7 Å². The molecule has 1 heterocycles. The Kier molecular flexibility index (Phi) is 5.57. The van der Waals surface area contributed by atoms with E-state index in [1.54, 1.807) is 6.07 Å². The third kappa shape index (κ3) is 3.27. The van der Waals surface area contributed by atoms with Crippen LogP contribution in [0.2, 0.25) is 0 Å². The van der Waals surface area contributed by atoms with Crippen LogP contribution >= 0.6 is 31.9 Å². The van der Waals surface area contributed by atoms with Gasteiger partial charge in [-0.15, -0.1) is 0 Å². The van der Waals surface area contributed by atoms with Gasteiger partial charge < -0.3 is 20.1 Å². The number of aromatic hydroxyl groups is 2. The number of fused-ring (bicyclic) bond motifs is 1. The second kappa shape index (κ2) is 7.88. The molecule has 0 unspecified atom stereocenters. The van der Waals surface area contributed by atoms with Gasteiger partial charge in [0, 0.05) is 16.7 Å². The summed E-state index contributed by atoms with van der Waals surface area (Å²) in [5, 5.41) is 30.7. The van der Waals surface area contributed by atoms with Crippen LogP contribution in [0.1, 0.15) is 59.7 Å². The van der Waals surface area contributed by atoms with E-state index in [2.05, 4.69) is 31.9 Å². The lowest BCUT2D eigenvalue weighted by Crippen LogP contribution is -2.32. The Morgan fingerprint density at radius 3 is 1.76 bits per heavy atom. The van der Waals surface area contributed by atoms with Crippen LogP contribution < -0.4 is 0 Å². The van der Waals surface area contributed by atoms with Gasteiger partial charge in [0.05, 0.1) is 20.1 Å². The van der Waals surface area contributed by atoms with Gasteiger partial charge in [-0.1, -0.05) is 6.07 Å². The summed E-state index contributed by atoms with van der Waals surface area (Å²) in [5.41, 5.74) is 3.07. The first-order valence-corrected chi connectivity index (χ1v) is 11.6. The summed E-state index contributed by atoms with van der Waals surface area (Å²) >= 11 is 6.79. The zero-order valence-corrected chi connectivity index (χ0v) is 21.4. The first-order valence-electron chi connectivity index (χ1n) is 10.0. The maximum absolute atomic E-state index is 13.1. The third-order valence-corrected chi connectivity index (χ3v) is 8.48. The van der Waals surface area contributed by atoms with Gasteiger partial charge in [0.15, 0.2) is 5.60 Å². The number of phenols is 2. The molecule has 0 saturated heterocycles. The summed E-state index contributed by atoms with van der Waals surface area (Å²) in [6.45, 7) is 7.38. The van der Waals surface area contributed by atoms with Crippen molar-refractivity contribution in [2.24, 2.45) is 0 Å². The molecule has 3 aromatic rings. The molecule has 0 spiro atoms. The fraction of sp³-hybridized carbons (Fsp3) is 0.200. The normalized spacial score (nSPS) is 14.2. The molecule has 33 heavy (non-hydrogen) atoms. The first kappa shape index (κ1) is 23.3. The SMILES string of the molecule is Cc1c(C2(c3cc(O)c(Br)c(C)c3C)OC(=O)c3cc(C(=O)O)ccc32)cc(O)c(Br)c1C. The van der Waals surface area contributed by atoms with Gasteiger partial charge in [-0.2, -0.15) is 0 Å². The van der Waals surface area contributed by atoms with Crippen molar-refractivity contribution >= 4 is 43.8 Å². The van der Waals surface area contributed by atoms with E-state index in [0.29, 0.717) is 25.6 Å². The van der Waals surface area contributed by atoms with Crippen LogP contribution in [-0.2, 0) is 10.3 Å². The molecule has 0 saturated carbocycles. The first-order chi connectivity index (χ1) is 15.4. The van der Waals surface area contributed by atoms with Crippen molar-refractivity contribution in [2.75, 3.05) is 0 Å². The van der Waals surface area contributed by atoms with E-state index in [-0.39, 0.29) is 22.6 Å². The van der Waals surface area contributed by atoms with Crippen LogP contribution in [0.3, 0.4) is 0 Å². The van der Waals surface area contributed by atoms with E-state index in [9.17, 15) is 24.9 Å². The van der Waals surface area contributed by atoms with Gasteiger partial charge in [-0.25, -0.2) is 9.59 Å². The van der Waals surface area contributed by atoms with Gasteiger partial charge >= 0.3 is 11.9 Å². The zero-order chi connectivity index (χ0) is 24.4. The fourth-order valence-electron chi connectivity index (χ4n) is 4.41. The van der Waals surface area contributed by atoms with E-state index in [0.717, 1.165) is 22.3 Å². The number of carbonyl (C=O) groups excluding carboxylic acids is 1. The Balaban J connectivity index is 2.20. The third-order valence-electron chi connectivity index (χ3n) is 6.47. The lowest BCUT2D eigenvalue weighted by atomic mass is 9.75. The maximum Gasteiger partial charge on any atom is 0.340 e. The van der Waals surface area contributed by atoms with Crippen molar-refractivity contribution in [1.82, 2.24) is 0 Å². The van der Waals surface area contributed by atoms with Crippen molar-refractivity contribution in [3.8, 4) is 11.5 Å². The average Bonchev–Trinajstić information content (AvgIpc) is 3.08. The molecule has 170 valence electrons. The van der Waals surface area contributed by atoms with Crippen LogP contribution in [0.5, 0.6) is 11.5 Å². The van der Waals surface area contributed by atoms with Crippen LogP contribution in [-0.4, -0.2) is 27.3 Å². The number of carbonyl (C=O) groups is 2. The molecule has 0 atom stereocenters. The maximum atomic E-state index is 13.1. The summed E-state index contributed by atoms with van der Waals surface area (Å²) in [4.78, 5) is 24.7. The lowest BCUT2D eigenvalue weighted by molar-refractivity contribution is 0.0246. The number of benzene rings is 3. The molecule has 0 radical (unpaired) electrons. The van der Waals surface area contributed by atoms with E-state index in [1.165, 1.54) is 24.3 Å². The highest BCUT2D eigenvalue weighted by Gasteiger charge is 2.51. The monoisotopic (exact) mass is 574 g/mol. The average molecular weight is 576 g/mol. The predicted octanol–water partition coefficient (Wildman–Crippen LogP) is 6.02. The number of phenolic OH excluding ortho intramolecular Hbond substituents is 2. The summed E-state index contributed by atoms with van der Waals surface area (Å²) in [5.74, 6) is -1.92. The number of hydrogen-bond donors (Lipinski definition) is 3. The molecule has 0 aromatic heterocycles.